The van der Waals surface area contributed by atoms with Gasteiger partial charge in [0.05, 0.1) is 11.0 Å². The zero-order valence-corrected chi connectivity index (χ0v) is 12.5. The molecule has 0 amide bonds. The molecule has 0 N–H and O–H groups in total. The number of aromatic nitrogens is 2. The molecule has 0 saturated heterocycles. The van der Waals surface area contributed by atoms with Crippen molar-refractivity contribution in [1.29, 1.82) is 0 Å². The predicted octanol–water partition coefficient (Wildman–Crippen LogP) is 4.42. The number of nitrogens with zero attached hydrogens (tertiary/aromatic N) is 2. The molecule has 3 heteroatoms. The number of alkyl halides is 1. The van der Waals surface area contributed by atoms with E-state index < -0.39 is 0 Å². The number of aryl methyl sites for hydroxylation is 3. The van der Waals surface area contributed by atoms with Crippen molar-refractivity contribution in [3.05, 3.63) is 59.4 Å². The predicted molar refractivity (Wildman–Crippen MR) is 85.0 cm³/mol. The molecular weight excluding hydrogens is 268 g/mol. The fourth-order valence-corrected chi connectivity index (χ4v) is 2.64. The maximum atomic E-state index is 5.93. The van der Waals surface area contributed by atoms with Crippen LogP contribution in [-0.4, -0.2) is 15.4 Å². The minimum Gasteiger partial charge on any atom is -0.296 e. The van der Waals surface area contributed by atoms with E-state index in [0.29, 0.717) is 5.88 Å². The maximum Gasteiger partial charge on any atom is 0.115 e. The molecule has 2 nitrogen and oxygen atoms in total. The second kappa shape index (κ2) is 5.29. The molecule has 3 rings (SSSR count). The van der Waals surface area contributed by atoms with Crippen LogP contribution >= 0.6 is 11.6 Å². The second-order valence-corrected chi connectivity index (χ2v) is 5.51. The molecule has 0 spiro atoms. The molecule has 0 bridgehead atoms. The third-order valence-corrected chi connectivity index (χ3v) is 3.68. The summed E-state index contributed by atoms with van der Waals surface area (Å²) >= 11 is 5.93. The van der Waals surface area contributed by atoms with Crippen LogP contribution in [0.1, 0.15) is 17.0 Å². The molecule has 0 aliphatic rings. The van der Waals surface area contributed by atoms with Crippen molar-refractivity contribution >= 4 is 22.6 Å². The lowest BCUT2D eigenvalue weighted by molar-refractivity contribution is 0.912. The van der Waals surface area contributed by atoms with E-state index in [1.807, 2.05) is 0 Å². The van der Waals surface area contributed by atoms with Gasteiger partial charge >= 0.3 is 0 Å². The number of imidazole rings is 1. The Balaban J connectivity index is 2.27. The largest absolute Gasteiger partial charge is 0.296 e. The van der Waals surface area contributed by atoms with Crippen LogP contribution in [-0.2, 0) is 6.42 Å². The van der Waals surface area contributed by atoms with Gasteiger partial charge in [-0.15, -0.1) is 11.6 Å². The van der Waals surface area contributed by atoms with Crippen molar-refractivity contribution in [3.8, 4) is 5.69 Å². The lowest BCUT2D eigenvalue weighted by atomic mass is 10.2. The van der Waals surface area contributed by atoms with Crippen molar-refractivity contribution in [2.24, 2.45) is 0 Å². The quantitative estimate of drug-likeness (QED) is 0.651. The van der Waals surface area contributed by atoms with Crippen molar-refractivity contribution in [3.63, 3.8) is 0 Å². The van der Waals surface area contributed by atoms with Crippen LogP contribution in [0.25, 0.3) is 16.7 Å². The van der Waals surface area contributed by atoms with E-state index in [1.165, 1.54) is 11.1 Å². The van der Waals surface area contributed by atoms with E-state index >= 15 is 0 Å². The molecule has 0 unspecified atom stereocenters. The number of halogens is 1. The SMILES string of the molecule is Cc1ccc(-n2c(CCCl)nc3ccc(C)cc32)cc1. The Morgan fingerprint density at radius 3 is 2.40 bits per heavy atom. The summed E-state index contributed by atoms with van der Waals surface area (Å²) in [7, 11) is 0. The average molecular weight is 285 g/mol. The van der Waals surface area contributed by atoms with E-state index in [4.69, 9.17) is 16.6 Å². The van der Waals surface area contributed by atoms with Crippen LogP contribution in [0.5, 0.6) is 0 Å². The number of benzene rings is 2. The molecule has 3 aromatic rings. The van der Waals surface area contributed by atoms with Crippen LogP contribution in [0.15, 0.2) is 42.5 Å². The fraction of sp³-hybridized carbons (Fsp3) is 0.235. The summed E-state index contributed by atoms with van der Waals surface area (Å²) in [6.07, 6.45) is 0.767. The van der Waals surface area contributed by atoms with Gasteiger partial charge in [0, 0.05) is 18.0 Å². The highest BCUT2D eigenvalue weighted by molar-refractivity contribution is 6.17. The fourth-order valence-electron chi connectivity index (χ4n) is 2.47. The minimum absolute atomic E-state index is 0.578. The molecule has 0 saturated carbocycles. The van der Waals surface area contributed by atoms with Gasteiger partial charge in [-0.3, -0.25) is 4.57 Å². The third-order valence-electron chi connectivity index (χ3n) is 3.49. The number of hydrogen-bond acceptors (Lipinski definition) is 1. The topological polar surface area (TPSA) is 17.8 Å². The molecule has 102 valence electrons. The summed E-state index contributed by atoms with van der Waals surface area (Å²) in [6, 6.07) is 14.9. The van der Waals surface area contributed by atoms with Crippen molar-refractivity contribution in [2.45, 2.75) is 20.3 Å². The lowest BCUT2D eigenvalue weighted by Gasteiger charge is -2.09. The van der Waals surface area contributed by atoms with E-state index in [2.05, 4.69) is 60.9 Å². The smallest absolute Gasteiger partial charge is 0.115 e. The number of fused-ring (bicyclic) bond motifs is 1. The minimum atomic E-state index is 0.578. The highest BCUT2D eigenvalue weighted by Crippen LogP contribution is 2.23. The Morgan fingerprint density at radius 2 is 1.70 bits per heavy atom. The molecule has 1 aromatic heterocycles. The van der Waals surface area contributed by atoms with Crippen molar-refractivity contribution in [2.75, 3.05) is 5.88 Å². The number of rotatable bonds is 3. The van der Waals surface area contributed by atoms with Gasteiger partial charge in [-0.25, -0.2) is 4.98 Å². The number of hydrogen-bond donors (Lipinski definition) is 0. The summed E-state index contributed by atoms with van der Waals surface area (Å²) in [5.41, 5.74) is 5.81. The molecule has 2 aromatic carbocycles. The Kier molecular flexibility index (Phi) is 3.49. The molecule has 0 aliphatic carbocycles. The second-order valence-electron chi connectivity index (χ2n) is 5.13. The van der Waals surface area contributed by atoms with Gasteiger partial charge in [-0.1, -0.05) is 23.8 Å². The molecule has 0 atom stereocenters. The molecule has 0 fully saturated rings. The first-order chi connectivity index (χ1) is 9.69. The summed E-state index contributed by atoms with van der Waals surface area (Å²) < 4.78 is 2.21. The summed E-state index contributed by atoms with van der Waals surface area (Å²) in [5.74, 6) is 1.60. The normalized spacial score (nSPS) is 11.2. The maximum absolute atomic E-state index is 5.93. The summed E-state index contributed by atoms with van der Waals surface area (Å²) in [4.78, 5) is 4.72. The van der Waals surface area contributed by atoms with Gasteiger partial charge in [0.15, 0.2) is 0 Å². The zero-order chi connectivity index (χ0) is 14.1. The van der Waals surface area contributed by atoms with Gasteiger partial charge in [0.2, 0.25) is 0 Å². The Hall–Kier alpha value is -1.80. The van der Waals surface area contributed by atoms with Gasteiger partial charge < -0.3 is 0 Å². The average Bonchev–Trinajstić information content (AvgIpc) is 2.78. The monoisotopic (exact) mass is 284 g/mol. The Morgan fingerprint density at radius 1 is 1.00 bits per heavy atom. The van der Waals surface area contributed by atoms with Gasteiger partial charge in [-0.05, 0) is 43.7 Å². The first-order valence-corrected chi connectivity index (χ1v) is 7.33. The summed E-state index contributed by atoms with van der Waals surface area (Å²) in [6.45, 7) is 4.20. The Labute approximate surface area is 124 Å². The molecule has 20 heavy (non-hydrogen) atoms. The molecule has 0 radical (unpaired) electrons. The third kappa shape index (κ3) is 2.32. The Bertz CT molecular complexity index is 742. The highest BCUT2D eigenvalue weighted by Gasteiger charge is 2.12. The lowest BCUT2D eigenvalue weighted by Crippen LogP contribution is -2.02. The van der Waals surface area contributed by atoms with Gasteiger partial charge in [-0.2, -0.15) is 0 Å². The molecule has 0 aliphatic heterocycles. The van der Waals surface area contributed by atoms with Gasteiger partial charge in [0.1, 0.15) is 5.82 Å². The van der Waals surface area contributed by atoms with Crippen LogP contribution in [0, 0.1) is 13.8 Å². The highest BCUT2D eigenvalue weighted by atomic mass is 35.5. The van der Waals surface area contributed by atoms with E-state index in [0.717, 1.165) is 29.0 Å². The molecular formula is C17H17ClN2. The van der Waals surface area contributed by atoms with Crippen molar-refractivity contribution < 1.29 is 0 Å². The first kappa shape index (κ1) is 13.2. The first-order valence-electron chi connectivity index (χ1n) is 6.80. The van der Waals surface area contributed by atoms with Crippen LogP contribution < -0.4 is 0 Å². The van der Waals surface area contributed by atoms with Crippen LogP contribution in [0.4, 0.5) is 0 Å². The van der Waals surface area contributed by atoms with Crippen LogP contribution in [0.3, 0.4) is 0 Å². The van der Waals surface area contributed by atoms with E-state index in [9.17, 15) is 0 Å². The zero-order valence-electron chi connectivity index (χ0n) is 11.7. The van der Waals surface area contributed by atoms with Crippen molar-refractivity contribution in [1.82, 2.24) is 9.55 Å². The standard InChI is InChI=1S/C17H17ClN2/c1-12-3-6-14(7-4-12)20-16-11-13(2)5-8-15(16)19-17(20)9-10-18/h3-8,11H,9-10H2,1-2H3. The van der Waals surface area contributed by atoms with E-state index in [-0.39, 0.29) is 0 Å². The van der Waals surface area contributed by atoms with Crippen LogP contribution in [0.2, 0.25) is 0 Å². The van der Waals surface area contributed by atoms with Gasteiger partial charge in [0.25, 0.3) is 0 Å². The summed E-state index contributed by atoms with van der Waals surface area (Å²) in [5, 5.41) is 0. The molecule has 1 heterocycles. The van der Waals surface area contributed by atoms with E-state index in [1.54, 1.807) is 0 Å².